The molecule has 0 bridgehead atoms. The molecule has 0 fully saturated rings. The Morgan fingerprint density at radius 2 is 2.10 bits per heavy atom. The van der Waals surface area contributed by atoms with E-state index in [9.17, 15) is 9.18 Å². The van der Waals surface area contributed by atoms with Crippen LogP contribution in [0.3, 0.4) is 0 Å². The van der Waals surface area contributed by atoms with Gasteiger partial charge in [-0.05, 0) is 59.8 Å². The van der Waals surface area contributed by atoms with Crippen LogP contribution in [0.4, 0.5) is 10.1 Å². The number of carbonyl (C=O) groups is 1. The molecule has 3 nitrogen and oxygen atoms in total. The van der Waals surface area contributed by atoms with E-state index in [0.717, 1.165) is 3.57 Å². The molecule has 0 unspecified atom stereocenters. The third-order valence-corrected chi connectivity index (χ3v) is 3.25. The summed E-state index contributed by atoms with van der Waals surface area (Å²) in [5.74, 6) is -0.330. The summed E-state index contributed by atoms with van der Waals surface area (Å²) in [5, 5.41) is 2.73. The van der Waals surface area contributed by atoms with Crippen LogP contribution in [-0.4, -0.2) is 12.5 Å². The van der Waals surface area contributed by atoms with Crippen LogP contribution >= 0.6 is 22.6 Å². The summed E-state index contributed by atoms with van der Waals surface area (Å²) < 4.78 is 19.5. The first-order valence-corrected chi connectivity index (χ1v) is 7.17. The molecule has 2 aromatic rings. The Bertz CT molecular complexity index is 631. The number of nitrogens with one attached hydrogen (secondary N) is 1. The Morgan fingerprint density at radius 3 is 2.80 bits per heavy atom. The minimum atomic E-state index is -0.402. The Kier molecular flexibility index (Phi) is 4.94. The maximum atomic E-state index is 13.2. The van der Waals surface area contributed by atoms with Gasteiger partial charge in [-0.15, -0.1) is 0 Å². The van der Waals surface area contributed by atoms with Crippen molar-refractivity contribution in [1.82, 2.24) is 0 Å². The fourth-order valence-electron chi connectivity index (χ4n) is 1.70. The number of carbonyl (C=O) groups excluding carboxylic acids is 1. The molecule has 104 valence electrons. The summed E-state index contributed by atoms with van der Waals surface area (Å²) in [6, 6.07) is 11.2. The molecule has 1 amide bonds. The standard InChI is InChI=1S/C15H13FINO2/c1-2-20-14-9-11(16)6-7-13(14)18-15(19)10-4-3-5-12(17)8-10/h3-9H,2H2,1H3,(H,18,19). The van der Waals surface area contributed by atoms with Gasteiger partial charge >= 0.3 is 0 Å². The second-order valence-electron chi connectivity index (χ2n) is 4.04. The highest BCUT2D eigenvalue weighted by Gasteiger charge is 2.11. The molecule has 5 heteroatoms. The molecule has 0 heterocycles. The Morgan fingerprint density at radius 1 is 1.30 bits per heavy atom. The van der Waals surface area contributed by atoms with Gasteiger partial charge in [-0.25, -0.2) is 4.39 Å². The summed E-state index contributed by atoms with van der Waals surface area (Å²) in [7, 11) is 0. The van der Waals surface area contributed by atoms with E-state index in [0.29, 0.717) is 23.6 Å². The number of hydrogen-bond donors (Lipinski definition) is 1. The average molecular weight is 385 g/mol. The minimum absolute atomic E-state index is 0.254. The number of amides is 1. The predicted molar refractivity (Wildman–Crippen MR) is 84.7 cm³/mol. The molecule has 0 aliphatic rings. The highest BCUT2D eigenvalue weighted by atomic mass is 127. The first kappa shape index (κ1) is 14.8. The Hall–Kier alpha value is -1.63. The van der Waals surface area contributed by atoms with Crippen molar-refractivity contribution in [3.63, 3.8) is 0 Å². The van der Waals surface area contributed by atoms with Gasteiger partial charge in [0.15, 0.2) is 0 Å². The quantitative estimate of drug-likeness (QED) is 0.806. The van der Waals surface area contributed by atoms with E-state index in [4.69, 9.17) is 4.74 Å². The molecule has 1 N–H and O–H groups in total. The molecular formula is C15H13FINO2. The zero-order valence-electron chi connectivity index (χ0n) is 10.8. The molecule has 0 aliphatic carbocycles. The molecule has 0 spiro atoms. The van der Waals surface area contributed by atoms with Crippen molar-refractivity contribution < 1.29 is 13.9 Å². The van der Waals surface area contributed by atoms with Gasteiger partial charge in [-0.3, -0.25) is 4.79 Å². The maximum Gasteiger partial charge on any atom is 0.255 e. The van der Waals surface area contributed by atoms with Crippen LogP contribution in [-0.2, 0) is 0 Å². The molecule has 0 atom stereocenters. The Labute approximate surface area is 130 Å². The second-order valence-corrected chi connectivity index (χ2v) is 5.28. The molecule has 20 heavy (non-hydrogen) atoms. The number of hydrogen-bond acceptors (Lipinski definition) is 2. The van der Waals surface area contributed by atoms with E-state index in [1.807, 2.05) is 12.1 Å². The van der Waals surface area contributed by atoms with Crippen molar-refractivity contribution >= 4 is 34.2 Å². The molecule has 0 saturated heterocycles. The summed E-state index contributed by atoms with van der Waals surface area (Å²) >= 11 is 2.14. The lowest BCUT2D eigenvalue weighted by Crippen LogP contribution is -2.13. The highest BCUT2D eigenvalue weighted by Crippen LogP contribution is 2.26. The second kappa shape index (κ2) is 6.69. The van der Waals surface area contributed by atoms with Gasteiger partial charge in [-0.1, -0.05) is 6.07 Å². The molecule has 0 saturated carbocycles. The molecule has 2 rings (SSSR count). The van der Waals surface area contributed by atoms with E-state index in [1.165, 1.54) is 18.2 Å². The zero-order chi connectivity index (χ0) is 14.5. The van der Waals surface area contributed by atoms with E-state index in [1.54, 1.807) is 19.1 Å². The zero-order valence-corrected chi connectivity index (χ0v) is 13.0. The SMILES string of the molecule is CCOc1cc(F)ccc1NC(=O)c1cccc(I)c1. The lowest BCUT2D eigenvalue weighted by molar-refractivity contribution is 0.102. The normalized spacial score (nSPS) is 10.2. The number of anilines is 1. The van der Waals surface area contributed by atoms with Crippen molar-refractivity contribution in [2.24, 2.45) is 0 Å². The smallest absolute Gasteiger partial charge is 0.255 e. The fraction of sp³-hybridized carbons (Fsp3) is 0.133. The third-order valence-electron chi connectivity index (χ3n) is 2.58. The lowest BCUT2D eigenvalue weighted by Gasteiger charge is -2.11. The number of benzene rings is 2. The van der Waals surface area contributed by atoms with E-state index in [2.05, 4.69) is 27.9 Å². The minimum Gasteiger partial charge on any atom is -0.492 e. The number of halogens is 2. The van der Waals surface area contributed by atoms with Crippen molar-refractivity contribution in [1.29, 1.82) is 0 Å². The fourth-order valence-corrected chi connectivity index (χ4v) is 2.24. The molecular weight excluding hydrogens is 372 g/mol. The first-order chi connectivity index (χ1) is 9.60. The van der Waals surface area contributed by atoms with Crippen LogP contribution in [0, 0.1) is 9.39 Å². The predicted octanol–water partition coefficient (Wildman–Crippen LogP) is 4.08. The summed E-state index contributed by atoms with van der Waals surface area (Å²) in [5.41, 5.74) is 1.00. The summed E-state index contributed by atoms with van der Waals surface area (Å²) in [4.78, 5) is 12.1. The van der Waals surface area contributed by atoms with Crippen LogP contribution in [0.2, 0.25) is 0 Å². The van der Waals surface area contributed by atoms with Crippen LogP contribution in [0.5, 0.6) is 5.75 Å². The van der Waals surface area contributed by atoms with E-state index in [-0.39, 0.29) is 5.91 Å². The molecule has 0 aliphatic heterocycles. The van der Waals surface area contributed by atoms with Gasteiger partial charge in [0.05, 0.1) is 12.3 Å². The van der Waals surface area contributed by atoms with Gasteiger partial charge in [0, 0.05) is 15.2 Å². The van der Waals surface area contributed by atoms with Gasteiger partial charge in [0.25, 0.3) is 5.91 Å². The largest absolute Gasteiger partial charge is 0.492 e. The third kappa shape index (κ3) is 3.69. The van der Waals surface area contributed by atoms with Crippen LogP contribution in [0.25, 0.3) is 0 Å². The van der Waals surface area contributed by atoms with E-state index < -0.39 is 5.82 Å². The van der Waals surface area contributed by atoms with Gasteiger partial charge in [0.1, 0.15) is 11.6 Å². The highest BCUT2D eigenvalue weighted by molar-refractivity contribution is 14.1. The van der Waals surface area contributed by atoms with Crippen molar-refractivity contribution in [3.05, 3.63) is 57.4 Å². The van der Waals surface area contributed by atoms with Gasteiger partial charge in [0.2, 0.25) is 0 Å². The monoisotopic (exact) mass is 385 g/mol. The summed E-state index contributed by atoms with van der Waals surface area (Å²) in [6.45, 7) is 2.20. The van der Waals surface area contributed by atoms with Crippen LogP contribution < -0.4 is 10.1 Å². The van der Waals surface area contributed by atoms with Crippen LogP contribution in [0.1, 0.15) is 17.3 Å². The number of rotatable bonds is 4. The number of ether oxygens (including phenoxy) is 1. The topological polar surface area (TPSA) is 38.3 Å². The first-order valence-electron chi connectivity index (χ1n) is 6.09. The van der Waals surface area contributed by atoms with Gasteiger partial charge < -0.3 is 10.1 Å². The molecule has 0 radical (unpaired) electrons. The van der Waals surface area contributed by atoms with Gasteiger partial charge in [-0.2, -0.15) is 0 Å². The van der Waals surface area contributed by atoms with Crippen molar-refractivity contribution in [2.45, 2.75) is 6.92 Å². The average Bonchev–Trinajstić information content (AvgIpc) is 2.42. The van der Waals surface area contributed by atoms with Crippen molar-refractivity contribution in [3.8, 4) is 5.75 Å². The lowest BCUT2D eigenvalue weighted by atomic mass is 10.2. The Balaban J connectivity index is 2.23. The summed E-state index contributed by atoms with van der Waals surface area (Å²) in [6.07, 6.45) is 0. The van der Waals surface area contributed by atoms with Crippen molar-refractivity contribution in [2.75, 3.05) is 11.9 Å². The van der Waals surface area contributed by atoms with E-state index >= 15 is 0 Å². The molecule has 0 aromatic heterocycles. The van der Waals surface area contributed by atoms with Crippen LogP contribution in [0.15, 0.2) is 42.5 Å². The maximum absolute atomic E-state index is 13.2. The molecule has 2 aromatic carbocycles.